The van der Waals surface area contributed by atoms with E-state index in [-0.39, 0.29) is 0 Å². The summed E-state index contributed by atoms with van der Waals surface area (Å²) in [6, 6.07) is 0. The van der Waals surface area contributed by atoms with Gasteiger partial charge in [0.05, 0.1) is 46.0 Å². The number of hydrogen-bond donors (Lipinski definition) is 0. The van der Waals surface area contributed by atoms with Gasteiger partial charge in [-0.3, -0.25) is 0 Å². The van der Waals surface area contributed by atoms with Crippen LogP contribution < -0.4 is 0 Å². The van der Waals surface area contributed by atoms with Crippen LogP contribution in [-0.4, -0.2) is 7.69 Å². The molecule has 0 fully saturated rings. The fourth-order valence-electron chi connectivity index (χ4n) is 0.0168. The van der Waals surface area contributed by atoms with Crippen LogP contribution in [0.1, 0.15) is 0 Å². The van der Waals surface area contributed by atoms with Gasteiger partial charge in [-0.05, 0) is 0 Å². The predicted octanol–water partition coefficient (Wildman–Crippen LogP) is 0.986. The first kappa shape index (κ1) is 6.44. The molecule has 0 spiro atoms. The Labute approximate surface area is 59.3 Å². The molecule has 0 unspecified atom stereocenters. The molecule has 0 saturated heterocycles. The molecule has 0 rings (SSSR count). The van der Waals surface area contributed by atoms with E-state index in [1.54, 1.807) is 46.0 Å². The van der Waals surface area contributed by atoms with Crippen molar-refractivity contribution in [3.05, 3.63) is 0 Å². The standard InChI is InChI=1S/BHI2O2/c2-4-1-5-3/h1H. The van der Waals surface area contributed by atoms with Gasteiger partial charge in [-0.2, -0.15) is 0 Å². The normalized spacial score (nSPS) is 7.60. The number of rotatable bonds is 2. The molecule has 0 aromatic rings. The molecule has 0 aromatic carbocycles. The predicted molar refractivity (Wildman–Crippen MR) is 37.4 cm³/mol. The topological polar surface area (TPSA) is 18.5 Å². The van der Waals surface area contributed by atoms with E-state index in [0.717, 1.165) is 0 Å². The molecule has 0 radical (unpaired) electrons. The Hall–Kier alpha value is 1.44. The molecule has 0 N–H and O–H groups in total. The summed E-state index contributed by atoms with van der Waals surface area (Å²) in [6.07, 6.45) is 0. The molecule has 0 heterocycles. The van der Waals surface area contributed by atoms with Gasteiger partial charge in [0.1, 0.15) is 0 Å². The average molecular weight is 298 g/mol. The summed E-state index contributed by atoms with van der Waals surface area (Å²) >= 11 is 3.52. The number of halogens is 2. The maximum Gasteiger partial charge on any atom is 0.457 e. The summed E-state index contributed by atoms with van der Waals surface area (Å²) in [5.41, 5.74) is 0. The zero-order valence-electron chi connectivity index (χ0n) is 2.28. The number of hydrogen-bond acceptors (Lipinski definition) is 2. The maximum absolute atomic E-state index is 4.43. The van der Waals surface area contributed by atoms with Crippen LogP contribution >= 0.6 is 46.0 Å². The lowest BCUT2D eigenvalue weighted by Crippen LogP contribution is -1.82. The van der Waals surface area contributed by atoms with E-state index in [4.69, 9.17) is 0 Å². The lowest BCUT2D eigenvalue weighted by Gasteiger charge is -1.78. The molecule has 0 aliphatic heterocycles. The Morgan fingerprint density at radius 3 is 1.60 bits per heavy atom. The highest BCUT2D eigenvalue weighted by Crippen LogP contribution is 1.86. The Balaban J connectivity index is 2.19. The van der Waals surface area contributed by atoms with Crippen LogP contribution in [0.2, 0.25) is 0 Å². The minimum atomic E-state index is 0.362. The van der Waals surface area contributed by atoms with Crippen molar-refractivity contribution in [2.75, 3.05) is 0 Å². The Morgan fingerprint density at radius 2 is 1.60 bits per heavy atom. The molecule has 0 saturated carbocycles. The van der Waals surface area contributed by atoms with E-state index >= 15 is 0 Å². The van der Waals surface area contributed by atoms with E-state index in [2.05, 4.69) is 5.97 Å². The largest absolute Gasteiger partial charge is 0.457 e. The molecule has 30 valence electrons. The SMILES string of the molecule is IOBOI. The van der Waals surface area contributed by atoms with Crippen LogP contribution in [0, 0.1) is 0 Å². The van der Waals surface area contributed by atoms with Crippen LogP contribution in [0.4, 0.5) is 0 Å². The molecule has 5 heteroatoms. The minimum Gasteiger partial charge on any atom is -0.348 e. The lowest BCUT2D eigenvalue weighted by molar-refractivity contribution is 0.622. The van der Waals surface area contributed by atoms with E-state index < -0.39 is 0 Å². The van der Waals surface area contributed by atoms with Gasteiger partial charge in [0.15, 0.2) is 0 Å². The zero-order valence-corrected chi connectivity index (χ0v) is 6.59. The molecular formula is HBI2O2. The second kappa shape index (κ2) is 5.44. The molecule has 0 atom stereocenters. The van der Waals surface area contributed by atoms with Crippen molar-refractivity contribution in [3.63, 3.8) is 0 Å². The van der Waals surface area contributed by atoms with Crippen molar-refractivity contribution in [2.24, 2.45) is 0 Å². The first-order valence-corrected chi connectivity index (χ1v) is 2.65. The highest BCUT2D eigenvalue weighted by molar-refractivity contribution is 14.1. The van der Waals surface area contributed by atoms with E-state index in [0.29, 0.717) is 7.69 Å². The van der Waals surface area contributed by atoms with Crippen LogP contribution in [-0.2, 0) is 5.97 Å². The summed E-state index contributed by atoms with van der Waals surface area (Å²) in [5.74, 6) is 0. The maximum atomic E-state index is 4.43. The molecule has 0 aliphatic rings. The van der Waals surface area contributed by atoms with Gasteiger partial charge in [-0.15, -0.1) is 0 Å². The monoisotopic (exact) mass is 298 g/mol. The minimum absolute atomic E-state index is 0.362. The van der Waals surface area contributed by atoms with Crippen LogP contribution in [0.5, 0.6) is 0 Å². The molecule has 0 bridgehead atoms. The molecule has 0 amide bonds. The molecule has 2 nitrogen and oxygen atoms in total. The first-order valence-electron chi connectivity index (χ1n) is 0.886. The molecular weight excluding hydrogens is 297 g/mol. The Kier molecular flexibility index (Phi) is 7.02. The van der Waals surface area contributed by atoms with Crippen molar-refractivity contribution in [2.45, 2.75) is 0 Å². The van der Waals surface area contributed by atoms with Crippen LogP contribution in [0.25, 0.3) is 0 Å². The summed E-state index contributed by atoms with van der Waals surface area (Å²) in [7, 11) is 0.362. The zero-order chi connectivity index (χ0) is 4.12. The van der Waals surface area contributed by atoms with Gasteiger partial charge in [0.2, 0.25) is 0 Å². The van der Waals surface area contributed by atoms with Gasteiger partial charge in [-0.1, -0.05) is 0 Å². The van der Waals surface area contributed by atoms with Crippen molar-refractivity contribution >= 4 is 53.7 Å². The van der Waals surface area contributed by atoms with Crippen molar-refractivity contribution in [3.8, 4) is 0 Å². The summed E-state index contributed by atoms with van der Waals surface area (Å²) in [5, 5.41) is 0. The highest BCUT2D eigenvalue weighted by Gasteiger charge is 1.77. The fraction of sp³-hybridized carbons (Fsp3) is 0. The summed E-state index contributed by atoms with van der Waals surface area (Å²) < 4.78 is 8.86. The van der Waals surface area contributed by atoms with Gasteiger partial charge in [-0.25, -0.2) is 0 Å². The van der Waals surface area contributed by atoms with E-state index in [1.807, 2.05) is 0 Å². The van der Waals surface area contributed by atoms with Crippen molar-refractivity contribution in [1.29, 1.82) is 0 Å². The third-order valence-electron chi connectivity index (χ3n) is 0.0891. The van der Waals surface area contributed by atoms with Crippen LogP contribution in [0.15, 0.2) is 0 Å². The van der Waals surface area contributed by atoms with Gasteiger partial charge in [0.25, 0.3) is 0 Å². The molecule has 0 aliphatic carbocycles. The first-order chi connectivity index (χ1) is 2.41. The van der Waals surface area contributed by atoms with E-state index in [9.17, 15) is 0 Å². The highest BCUT2D eigenvalue weighted by atomic mass is 127. The van der Waals surface area contributed by atoms with Crippen molar-refractivity contribution < 1.29 is 5.97 Å². The van der Waals surface area contributed by atoms with Crippen molar-refractivity contribution in [1.82, 2.24) is 0 Å². The van der Waals surface area contributed by atoms with Crippen LogP contribution in [0.3, 0.4) is 0 Å². The summed E-state index contributed by atoms with van der Waals surface area (Å²) in [6.45, 7) is 0. The van der Waals surface area contributed by atoms with E-state index in [1.165, 1.54) is 0 Å². The molecule has 0 aromatic heterocycles. The smallest absolute Gasteiger partial charge is 0.348 e. The van der Waals surface area contributed by atoms with Gasteiger partial charge >= 0.3 is 7.69 Å². The quantitative estimate of drug-likeness (QED) is 0.559. The van der Waals surface area contributed by atoms with Gasteiger partial charge < -0.3 is 5.97 Å². The fourth-order valence-corrected chi connectivity index (χ4v) is 0.758. The summed E-state index contributed by atoms with van der Waals surface area (Å²) in [4.78, 5) is 0. The molecule has 5 heavy (non-hydrogen) atoms. The van der Waals surface area contributed by atoms with Gasteiger partial charge in [0, 0.05) is 0 Å². The third-order valence-corrected chi connectivity index (χ3v) is 0.598. The Morgan fingerprint density at radius 1 is 1.20 bits per heavy atom. The third kappa shape index (κ3) is 5.44. The average Bonchev–Trinajstić information content (AvgIpc) is 1.41. The Bertz CT molecular complexity index is 15.1. The lowest BCUT2D eigenvalue weighted by atomic mass is 10.5. The second-order valence-corrected chi connectivity index (χ2v) is 1.58. The second-order valence-electron chi connectivity index (χ2n) is 0.336.